The Balaban J connectivity index is 2.02. The van der Waals surface area contributed by atoms with Gasteiger partial charge in [-0.3, -0.25) is 4.79 Å². The van der Waals surface area contributed by atoms with E-state index in [9.17, 15) is 9.59 Å². The van der Waals surface area contributed by atoms with Crippen molar-refractivity contribution >= 4 is 57.4 Å². The Bertz CT molecular complexity index is 959. The smallest absolute Gasteiger partial charge is 0.349 e. The Morgan fingerprint density at radius 3 is 2.35 bits per heavy atom. The van der Waals surface area contributed by atoms with E-state index in [2.05, 4.69) is 5.32 Å². The second kappa shape index (κ2) is 6.24. The molecule has 0 saturated carbocycles. The van der Waals surface area contributed by atoms with Crippen molar-refractivity contribution in [3.05, 3.63) is 73.5 Å². The van der Waals surface area contributed by atoms with Gasteiger partial charge in [-0.05, 0) is 24.3 Å². The molecule has 0 fully saturated rings. The lowest BCUT2D eigenvalue weighted by Gasteiger charge is -2.09. The van der Waals surface area contributed by atoms with Crippen molar-refractivity contribution < 1.29 is 9.21 Å². The molecule has 3 rings (SSSR count). The quantitative estimate of drug-likeness (QED) is 0.647. The summed E-state index contributed by atoms with van der Waals surface area (Å²) in [5.41, 5.74) is -0.319. The monoisotopic (exact) mass is 367 g/mol. The normalized spacial score (nSPS) is 10.7. The van der Waals surface area contributed by atoms with Gasteiger partial charge in [0.15, 0.2) is 0 Å². The van der Waals surface area contributed by atoms with Crippen molar-refractivity contribution in [1.82, 2.24) is 0 Å². The second-order valence-electron chi connectivity index (χ2n) is 4.68. The van der Waals surface area contributed by atoms with Crippen LogP contribution in [0, 0.1) is 0 Å². The van der Waals surface area contributed by atoms with Gasteiger partial charge in [0.1, 0.15) is 11.1 Å². The van der Waals surface area contributed by atoms with Crippen LogP contribution in [0.25, 0.3) is 11.0 Å². The molecule has 116 valence electrons. The SMILES string of the molecule is O=C(Nc1c(Cl)cc(Cl)cc1Cl)c1cc2ccccc2oc1=O. The molecule has 0 aliphatic rings. The summed E-state index contributed by atoms with van der Waals surface area (Å²) in [6.07, 6.45) is 0. The Kier molecular flexibility index (Phi) is 4.31. The van der Waals surface area contributed by atoms with Gasteiger partial charge in [0.05, 0.1) is 15.7 Å². The predicted molar refractivity (Wildman–Crippen MR) is 91.9 cm³/mol. The number of anilines is 1. The number of nitrogens with one attached hydrogen (secondary N) is 1. The first-order valence-corrected chi connectivity index (χ1v) is 7.58. The molecular weight excluding hydrogens is 361 g/mol. The van der Waals surface area contributed by atoms with Gasteiger partial charge in [-0.1, -0.05) is 53.0 Å². The van der Waals surface area contributed by atoms with Gasteiger partial charge in [-0.25, -0.2) is 4.79 Å². The second-order valence-corrected chi connectivity index (χ2v) is 5.93. The summed E-state index contributed by atoms with van der Waals surface area (Å²) in [5.74, 6) is -0.671. The van der Waals surface area contributed by atoms with E-state index in [1.165, 1.54) is 18.2 Å². The van der Waals surface area contributed by atoms with Crippen LogP contribution in [0.15, 0.2) is 51.7 Å². The summed E-state index contributed by atoms with van der Waals surface area (Å²) in [6.45, 7) is 0. The molecule has 0 radical (unpaired) electrons. The third kappa shape index (κ3) is 3.20. The van der Waals surface area contributed by atoms with Gasteiger partial charge in [0, 0.05) is 10.4 Å². The number of amides is 1. The highest BCUT2D eigenvalue weighted by Crippen LogP contribution is 2.33. The number of halogens is 3. The van der Waals surface area contributed by atoms with Gasteiger partial charge < -0.3 is 9.73 Å². The summed E-state index contributed by atoms with van der Waals surface area (Å²) < 4.78 is 5.13. The summed E-state index contributed by atoms with van der Waals surface area (Å²) in [7, 11) is 0. The summed E-state index contributed by atoms with van der Waals surface area (Å²) in [4.78, 5) is 24.3. The maximum absolute atomic E-state index is 12.3. The maximum Gasteiger partial charge on any atom is 0.349 e. The molecule has 1 N–H and O–H groups in total. The van der Waals surface area contributed by atoms with Crippen LogP contribution in [0.5, 0.6) is 0 Å². The minimum atomic E-state index is -0.748. The lowest BCUT2D eigenvalue weighted by molar-refractivity contribution is 0.102. The number of rotatable bonds is 2. The van der Waals surface area contributed by atoms with Gasteiger partial charge in [0.2, 0.25) is 0 Å². The molecule has 1 aromatic heterocycles. The molecule has 0 saturated heterocycles. The number of fused-ring (bicyclic) bond motifs is 1. The topological polar surface area (TPSA) is 59.3 Å². The summed E-state index contributed by atoms with van der Waals surface area (Å²) in [6, 6.07) is 11.2. The van der Waals surface area contributed by atoms with Gasteiger partial charge in [-0.2, -0.15) is 0 Å². The minimum Gasteiger partial charge on any atom is -0.422 e. The average molecular weight is 369 g/mol. The zero-order chi connectivity index (χ0) is 16.6. The Hall–Kier alpha value is -2.01. The Morgan fingerprint density at radius 2 is 1.65 bits per heavy atom. The third-order valence-electron chi connectivity index (χ3n) is 3.13. The molecule has 2 aromatic carbocycles. The molecule has 0 aliphatic carbocycles. The van der Waals surface area contributed by atoms with Crippen molar-refractivity contribution in [3.8, 4) is 0 Å². The van der Waals surface area contributed by atoms with Crippen LogP contribution in [0.2, 0.25) is 15.1 Å². The van der Waals surface area contributed by atoms with Crippen LogP contribution in [0.3, 0.4) is 0 Å². The van der Waals surface area contributed by atoms with E-state index in [1.807, 2.05) is 0 Å². The number of para-hydroxylation sites is 1. The predicted octanol–water partition coefficient (Wildman–Crippen LogP) is 5.01. The van der Waals surface area contributed by atoms with E-state index in [4.69, 9.17) is 39.2 Å². The van der Waals surface area contributed by atoms with Crippen molar-refractivity contribution in [3.63, 3.8) is 0 Å². The number of benzene rings is 2. The Labute approximate surface area is 145 Å². The highest BCUT2D eigenvalue weighted by atomic mass is 35.5. The van der Waals surface area contributed by atoms with Crippen LogP contribution < -0.4 is 10.9 Å². The van der Waals surface area contributed by atoms with Crippen LogP contribution in [0.4, 0.5) is 5.69 Å². The van der Waals surface area contributed by atoms with Gasteiger partial charge in [0.25, 0.3) is 5.91 Å². The van der Waals surface area contributed by atoms with E-state index in [-0.39, 0.29) is 21.3 Å². The fraction of sp³-hybridized carbons (Fsp3) is 0. The summed E-state index contributed by atoms with van der Waals surface area (Å²) >= 11 is 17.9. The molecule has 0 unspecified atom stereocenters. The minimum absolute atomic E-state index is 0.147. The van der Waals surface area contributed by atoms with E-state index < -0.39 is 11.5 Å². The first-order chi connectivity index (χ1) is 11.0. The Morgan fingerprint density at radius 1 is 1.00 bits per heavy atom. The van der Waals surface area contributed by atoms with Crippen molar-refractivity contribution in [1.29, 1.82) is 0 Å². The molecule has 3 aromatic rings. The fourth-order valence-electron chi connectivity index (χ4n) is 2.06. The molecule has 1 heterocycles. The first kappa shape index (κ1) is 15.9. The number of hydrogen-bond acceptors (Lipinski definition) is 3. The standard InChI is InChI=1S/C16H8Cl3NO3/c17-9-6-11(18)14(12(19)7-9)20-15(21)10-5-8-3-1-2-4-13(8)23-16(10)22/h1-7H,(H,20,21). The number of carbonyl (C=O) groups excluding carboxylic acids is 1. The first-order valence-electron chi connectivity index (χ1n) is 6.44. The highest BCUT2D eigenvalue weighted by Gasteiger charge is 2.17. The molecule has 1 amide bonds. The largest absolute Gasteiger partial charge is 0.422 e. The van der Waals surface area contributed by atoms with E-state index in [0.717, 1.165) is 0 Å². The van der Waals surface area contributed by atoms with Crippen molar-refractivity contribution in [2.45, 2.75) is 0 Å². The molecule has 0 spiro atoms. The number of carbonyl (C=O) groups is 1. The fourth-order valence-corrected chi connectivity index (χ4v) is 2.97. The molecule has 0 atom stereocenters. The lowest BCUT2D eigenvalue weighted by atomic mass is 10.1. The van der Waals surface area contributed by atoms with Crippen LogP contribution >= 0.6 is 34.8 Å². The molecule has 23 heavy (non-hydrogen) atoms. The van der Waals surface area contributed by atoms with E-state index in [0.29, 0.717) is 16.0 Å². The van der Waals surface area contributed by atoms with E-state index in [1.54, 1.807) is 24.3 Å². The van der Waals surface area contributed by atoms with Crippen LogP contribution in [-0.2, 0) is 0 Å². The van der Waals surface area contributed by atoms with Gasteiger partial charge in [-0.15, -0.1) is 0 Å². The average Bonchev–Trinajstić information content (AvgIpc) is 2.50. The van der Waals surface area contributed by atoms with Crippen LogP contribution in [-0.4, -0.2) is 5.91 Å². The third-order valence-corrected chi connectivity index (χ3v) is 3.95. The zero-order valence-electron chi connectivity index (χ0n) is 11.4. The maximum atomic E-state index is 12.3. The lowest BCUT2D eigenvalue weighted by Crippen LogP contribution is -2.21. The van der Waals surface area contributed by atoms with E-state index >= 15 is 0 Å². The highest BCUT2D eigenvalue weighted by molar-refractivity contribution is 6.42. The molecule has 4 nitrogen and oxygen atoms in total. The van der Waals surface area contributed by atoms with Crippen molar-refractivity contribution in [2.75, 3.05) is 5.32 Å². The number of hydrogen-bond donors (Lipinski definition) is 1. The molecular formula is C16H8Cl3NO3. The van der Waals surface area contributed by atoms with Crippen LogP contribution in [0.1, 0.15) is 10.4 Å². The molecule has 7 heteroatoms. The van der Waals surface area contributed by atoms with Gasteiger partial charge >= 0.3 is 5.63 Å². The van der Waals surface area contributed by atoms with Crippen molar-refractivity contribution in [2.24, 2.45) is 0 Å². The summed E-state index contributed by atoms with van der Waals surface area (Å²) in [5, 5.41) is 3.81. The molecule has 0 bridgehead atoms. The molecule has 0 aliphatic heterocycles. The zero-order valence-corrected chi connectivity index (χ0v) is 13.7.